The van der Waals surface area contributed by atoms with Crippen molar-refractivity contribution in [3.8, 4) is 0 Å². The van der Waals surface area contributed by atoms with Crippen molar-refractivity contribution in [2.75, 3.05) is 41.0 Å². The number of hydrogen-bond acceptors (Lipinski definition) is 10. The van der Waals surface area contributed by atoms with Gasteiger partial charge in [-0.15, -0.1) is 0 Å². The van der Waals surface area contributed by atoms with E-state index < -0.39 is 10.1 Å². The number of aliphatic hydroxyl groups excluding tert-OH is 1. The lowest BCUT2D eigenvalue weighted by Crippen LogP contribution is -2.10. The maximum atomic E-state index is 11.2. The van der Waals surface area contributed by atoms with Crippen molar-refractivity contribution in [2.24, 2.45) is 0 Å². The lowest BCUT2D eigenvalue weighted by Gasteiger charge is -2.10. The number of nitrogen functional groups attached to an aromatic ring is 1. The number of rotatable bonds is 9. The number of aromatic nitrogens is 3. The average Bonchev–Trinajstić information content (AvgIpc) is 2.53. The molecule has 2 aromatic rings. The smallest absolute Gasteiger partial charge is 0.296 e. The van der Waals surface area contributed by atoms with Crippen LogP contribution in [0, 0.1) is 0 Å². The molecule has 0 atom stereocenters. The summed E-state index contributed by atoms with van der Waals surface area (Å²) in [5.74, 6) is 1.79. The molecular formula is C13H17ClN6O4S2. The minimum atomic E-state index is -4.40. The van der Waals surface area contributed by atoms with Crippen LogP contribution in [0.5, 0.6) is 0 Å². The van der Waals surface area contributed by atoms with Crippen LogP contribution in [0.4, 0.5) is 23.3 Å². The molecule has 0 aliphatic rings. The number of thioether (sulfide) groups is 1. The Morgan fingerprint density at radius 3 is 2.58 bits per heavy atom. The van der Waals surface area contributed by atoms with Crippen LogP contribution in [0.1, 0.15) is 0 Å². The number of nitrogens with zero attached hydrogens (tertiary/aromatic N) is 3. The van der Waals surface area contributed by atoms with Crippen molar-refractivity contribution in [3.63, 3.8) is 0 Å². The quantitative estimate of drug-likeness (QED) is 0.225. The molecule has 13 heteroatoms. The second-order valence-corrected chi connectivity index (χ2v) is 7.82. The molecule has 2 rings (SSSR count). The van der Waals surface area contributed by atoms with Gasteiger partial charge in [0.25, 0.3) is 10.1 Å². The number of halogens is 1. The van der Waals surface area contributed by atoms with Crippen LogP contribution in [0.2, 0.25) is 5.28 Å². The summed E-state index contributed by atoms with van der Waals surface area (Å²) in [6.07, 6.45) is 0. The monoisotopic (exact) mass is 420 g/mol. The van der Waals surface area contributed by atoms with E-state index >= 15 is 0 Å². The van der Waals surface area contributed by atoms with Crippen LogP contribution < -0.4 is 16.4 Å². The van der Waals surface area contributed by atoms with E-state index in [0.717, 1.165) is 11.8 Å². The van der Waals surface area contributed by atoms with E-state index in [1.165, 1.54) is 12.1 Å². The van der Waals surface area contributed by atoms with Crippen LogP contribution >= 0.6 is 23.4 Å². The molecule has 0 saturated carbocycles. The van der Waals surface area contributed by atoms with Crippen LogP contribution in [0.3, 0.4) is 0 Å². The molecule has 0 aliphatic carbocycles. The molecular weight excluding hydrogens is 404 g/mol. The van der Waals surface area contributed by atoms with Gasteiger partial charge in [-0.1, -0.05) is 0 Å². The van der Waals surface area contributed by atoms with E-state index in [0.29, 0.717) is 18.0 Å². The minimum Gasteiger partial charge on any atom is -0.398 e. The first kappa shape index (κ1) is 20.5. The zero-order valence-electron chi connectivity index (χ0n) is 13.4. The molecule has 0 radical (unpaired) electrons. The molecule has 0 amide bonds. The second-order valence-electron chi connectivity index (χ2n) is 4.87. The van der Waals surface area contributed by atoms with E-state index in [1.807, 2.05) is 0 Å². The molecule has 0 bridgehead atoms. The fraction of sp³-hybridized carbons (Fsp3) is 0.308. The third kappa shape index (κ3) is 6.14. The van der Waals surface area contributed by atoms with Gasteiger partial charge in [0, 0.05) is 23.7 Å². The topological polar surface area (TPSA) is 163 Å². The third-order valence-electron chi connectivity index (χ3n) is 2.92. The van der Waals surface area contributed by atoms with Gasteiger partial charge in [0.05, 0.1) is 12.3 Å². The number of hydrogen-bond donors (Lipinski definition) is 5. The Morgan fingerprint density at radius 2 is 1.92 bits per heavy atom. The number of aliphatic hydroxyl groups is 1. The summed E-state index contributed by atoms with van der Waals surface area (Å²) >= 11 is 7.45. The van der Waals surface area contributed by atoms with Gasteiger partial charge in [-0.2, -0.15) is 35.1 Å². The molecule has 142 valence electrons. The molecule has 0 saturated heterocycles. The summed E-state index contributed by atoms with van der Waals surface area (Å²) in [5.41, 5.74) is 5.91. The van der Waals surface area contributed by atoms with E-state index in [4.69, 9.17) is 27.0 Å². The van der Waals surface area contributed by atoms with Crippen molar-refractivity contribution >= 4 is 56.8 Å². The number of nitrogens with one attached hydrogen (secondary N) is 2. The molecule has 1 aromatic carbocycles. The highest BCUT2D eigenvalue weighted by molar-refractivity contribution is 7.99. The molecule has 0 fully saturated rings. The maximum absolute atomic E-state index is 11.2. The normalized spacial score (nSPS) is 11.3. The van der Waals surface area contributed by atoms with E-state index in [1.54, 1.807) is 11.8 Å². The molecule has 0 spiro atoms. The van der Waals surface area contributed by atoms with Crippen LogP contribution in [-0.2, 0) is 10.1 Å². The zero-order valence-corrected chi connectivity index (χ0v) is 15.8. The number of nitrogens with two attached hydrogens (primary N) is 1. The fourth-order valence-corrected chi connectivity index (χ4v) is 3.21. The lowest BCUT2D eigenvalue weighted by molar-refractivity contribution is 0.322. The summed E-state index contributed by atoms with van der Waals surface area (Å²) in [4.78, 5) is 11.6. The molecule has 0 aliphatic heterocycles. The Morgan fingerprint density at radius 1 is 1.19 bits per heavy atom. The summed E-state index contributed by atoms with van der Waals surface area (Å²) < 4.78 is 31.4. The van der Waals surface area contributed by atoms with E-state index in [2.05, 4.69) is 25.6 Å². The molecule has 0 unspecified atom stereocenters. The molecule has 10 nitrogen and oxygen atoms in total. The Labute approximate surface area is 159 Å². The molecule has 26 heavy (non-hydrogen) atoms. The Balaban J connectivity index is 2.08. The fourth-order valence-electron chi connectivity index (χ4n) is 1.88. The zero-order chi connectivity index (χ0) is 19.2. The van der Waals surface area contributed by atoms with Crippen molar-refractivity contribution < 1.29 is 18.1 Å². The van der Waals surface area contributed by atoms with Gasteiger partial charge in [-0.05, 0) is 29.8 Å². The standard InChI is InChI=1S/C13H17ClN6O4S2/c14-11-18-12(16-3-5-25-6-4-21)20-13(19-11)17-8-1-2-10(9(15)7-8)26(22,23)24/h1-2,7,21H,3-6,15H2,(H,22,23,24)(H2,16,17,18,19,20). The van der Waals surface area contributed by atoms with Gasteiger partial charge in [0.2, 0.25) is 17.2 Å². The second kappa shape index (κ2) is 9.19. The lowest BCUT2D eigenvalue weighted by atomic mass is 10.3. The Bertz CT molecular complexity index is 868. The summed E-state index contributed by atoms with van der Waals surface area (Å²) in [7, 11) is -4.40. The summed E-state index contributed by atoms with van der Waals surface area (Å²) in [6, 6.07) is 3.88. The third-order valence-corrected chi connectivity index (χ3v) is 4.98. The predicted octanol–water partition coefficient (Wildman–Crippen LogP) is 1.23. The van der Waals surface area contributed by atoms with Crippen molar-refractivity contribution in [1.29, 1.82) is 0 Å². The first-order valence-electron chi connectivity index (χ1n) is 7.27. The van der Waals surface area contributed by atoms with Gasteiger partial charge < -0.3 is 21.5 Å². The van der Waals surface area contributed by atoms with Gasteiger partial charge in [-0.3, -0.25) is 4.55 Å². The van der Waals surface area contributed by atoms with Crippen molar-refractivity contribution in [1.82, 2.24) is 15.0 Å². The Hall–Kier alpha value is -1.86. The molecule has 1 heterocycles. The summed E-state index contributed by atoms with van der Waals surface area (Å²) in [6.45, 7) is 0.691. The van der Waals surface area contributed by atoms with Gasteiger partial charge in [-0.25, -0.2) is 0 Å². The molecule has 6 N–H and O–H groups in total. The first-order valence-corrected chi connectivity index (χ1v) is 10.2. The maximum Gasteiger partial charge on any atom is 0.296 e. The first-order chi connectivity index (χ1) is 12.3. The van der Waals surface area contributed by atoms with Gasteiger partial charge >= 0.3 is 0 Å². The number of anilines is 4. The van der Waals surface area contributed by atoms with E-state index in [9.17, 15) is 8.42 Å². The van der Waals surface area contributed by atoms with Crippen LogP contribution in [0.15, 0.2) is 23.1 Å². The summed E-state index contributed by atoms with van der Waals surface area (Å²) in [5, 5.41) is 14.5. The van der Waals surface area contributed by atoms with Crippen molar-refractivity contribution in [2.45, 2.75) is 4.90 Å². The van der Waals surface area contributed by atoms with Gasteiger partial charge in [0.1, 0.15) is 4.90 Å². The largest absolute Gasteiger partial charge is 0.398 e. The minimum absolute atomic E-state index is 0.0319. The predicted molar refractivity (Wildman–Crippen MR) is 102 cm³/mol. The highest BCUT2D eigenvalue weighted by Gasteiger charge is 2.14. The average molecular weight is 421 g/mol. The highest BCUT2D eigenvalue weighted by Crippen LogP contribution is 2.24. The van der Waals surface area contributed by atoms with Gasteiger partial charge in [0.15, 0.2) is 0 Å². The SMILES string of the molecule is Nc1cc(Nc2nc(Cl)nc(NCCSCCO)n2)ccc1S(=O)(=O)O. The van der Waals surface area contributed by atoms with Crippen LogP contribution in [0.25, 0.3) is 0 Å². The highest BCUT2D eigenvalue weighted by atomic mass is 35.5. The molecule has 1 aromatic heterocycles. The van der Waals surface area contributed by atoms with Crippen LogP contribution in [-0.4, -0.2) is 57.7 Å². The number of benzene rings is 1. The van der Waals surface area contributed by atoms with E-state index in [-0.39, 0.29) is 34.4 Å². The van der Waals surface area contributed by atoms with Crippen molar-refractivity contribution in [3.05, 3.63) is 23.5 Å². The Kier molecular flexibility index (Phi) is 7.23.